The zero-order chi connectivity index (χ0) is 17.3. The zero-order valence-electron chi connectivity index (χ0n) is 12.8. The first-order chi connectivity index (χ1) is 11.5. The molecule has 3 rings (SSSR count). The van der Waals surface area contributed by atoms with Gasteiger partial charge in [-0.3, -0.25) is 0 Å². The van der Waals surface area contributed by atoms with Gasteiger partial charge in [-0.25, -0.2) is 14.8 Å². The number of esters is 1. The van der Waals surface area contributed by atoms with Crippen LogP contribution >= 0.6 is 23.2 Å². The first kappa shape index (κ1) is 16.5. The number of hydrogen-bond donors (Lipinski definition) is 0. The van der Waals surface area contributed by atoms with Gasteiger partial charge >= 0.3 is 5.97 Å². The van der Waals surface area contributed by atoms with Crippen molar-refractivity contribution in [2.24, 2.45) is 0 Å². The van der Waals surface area contributed by atoms with Crippen molar-refractivity contribution in [1.82, 2.24) is 9.97 Å². The fraction of sp³-hybridized carbons (Fsp3) is 0.118. The minimum atomic E-state index is -0.716. The molecule has 122 valence electrons. The van der Waals surface area contributed by atoms with E-state index in [1.165, 1.54) is 7.11 Å². The number of halogens is 2. The summed E-state index contributed by atoms with van der Waals surface area (Å²) < 4.78 is 10.6. The zero-order valence-corrected chi connectivity index (χ0v) is 14.4. The monoisotopic (exact) mass is 362 g/mol. The Balaban J connectivity index is 2.02. The van der Waals surface area contributed by atoms with Crippen LogP contribution in [0.25, 0.3) is 11.0 Å². The number of fused-ring (bicyclic) bond motifs is 1. The molecule has 0 N–H and O–H groups in total. The first-order valence-corrected chi connectivity index (χ1v) is 7.74. The number of methoxy groups -OCH3 is 1. The molecule has 24 heavy (non-hydrogen) atoms. The van der Waals surface area contributed by atoms with E-state index < -0.39 is 5.97 Å². The van der Waals surface area contributed by atoms with Crippen LogP contribution in [0.4, 0.5) is 0 Å². The van der Waals surface area contributed by atoms with Crippen LogP contribution < -0.4 is 9.47 Å². The van der Waals surface area contributed by atoms with Crippen molar-refractivity contribution in [2.75, 3.05) is 7.11 Å². The molecule has 0 amide bonds. The van der Waals surface area contributed by atoms with Gasteiger partial charge in [-0.2, -0.15) is 0 Å². The molecule has 0 aliphatic carbocycles. The summed E-state index contributed by atoms with van der Waals surface area (Å²) >= 11 is 12.2. The van der Waals surface area contributed by atoms with E-state index in [2.05, 4.69) is 9.97 Å². The normalized spacial score (nSPS) is 10.7. The Labute approximate surface area is 148 Å². The van der Waals surface area contributed by atoms with Gasteiger partial charge in [0.15, 0.2) is 5.15 Å². The molecule has 0 spiro atoms. The number of aryl methyl sites for hydroxylation is 1. The molecular weight excluding hydrogens is 351 g/mol. The highest BCUT2D eigenvalue weighted by Crippen LogP contribution is 2.32. The Morgan fingerprint density at radius 3 is 2.38 bits per heavy atom. The van der Waals surface area contributed by atoms with Crippen molar-refractivity contribution < 1.29 is 14.3 Å². The van der Waals surface area contributed by atoms with Gasteiger partial charge in [-0.1, -0.05) is 41.4 Å². The summed E-state index contributed by atoms with van der Waals surface area (Å²) in [6.07, 6.45) is 0. The van der Waals surface area contributed by atoms with Crippen LogP contribution in [0.3, 0.4) is 0 Å². The minimum Gasteiger partial charge on any atom is -0.496 e. The number of carbonyl (C=O) groups excluding carboxylic acids is 1. The number of aromatic nitrogens is 2. The van der Waals surface area contributed by atoms with Crippen LogP contribution in [-0.4, -0.2) is 23.0 Å². The van der Waals surface area contributed by atoms with Crippen LogP contribution in [0, 0.1) is 6.92 Å². The van der Waals surface area contributed by atoms with E-state index in [1.54, 1.807) is 37.3 Å². The van der Waals surface area contributed by atoms with E-state index in [9.17, 15) is 4.79 Å². The number of carbonyl (C=O) groups is 1. The molecule has 0 atom stereocenters. The second-order valence-corrected chi connectivity index (χ2v) is 5.74. The number of benzene rings is 2. The average Bonchev–Trinajstić information content (AvgIpc) is 2.57. The molecule has 3 aromatic rings. The number of rotatable bonds is 3. The van der Waals surface area contributed by atoms with E-state index in [0.717, 1.165) is 5.56 Å². The maximum Gasteiger partial charge on any atom is 0.350 e. The van der Waals surface area contributed by atoms with E-state index in [0.29, 0.717) is 16.8 Å². The summed E-state index contributed by atoms with van der Waals surface area (Å²) in [5.41, 5.74) is 2.04. The summed E-state index contributed by atoms with van der Waals surface area (Å²) in [7, 11) is 1.46. The minimum absolute atomic E-state index is 0.00945. The first-order valence-electron chi connectivity index (χ1n) is 6.99. The Bertz CT molecular complexity index is 945. The standard InChI is InChI=1S/C17H12Cl2N2O3/c1-9-7-8-10(18)13(14(9)23-2)17(22)24-16-15(19)20-11-5-3-4-6-12(11)21-16/h3-8H,1-2H3. The van der Waals surface area contributed by atoms with Gasteiger partial charge in [0, 0.05) is 0 Å². The Kier molecular flexibility index (Phi) is 4.55. The molecule has 0 fully saturated rings. The van der Waals surface area contributed by atoms with Crippen molar-refractivity contribution in [3.8, 4) is 11.6 Å². The van der Waals surface area contributed by atoms with E-state index in [1.807, 2.05) is 6.07 Å². The maximum absolute atomic E-state index is 12.5. The van der Waals surface area contributed by atoms with Crippen molar-refractivity contribution >= 4 is 40.2 Å². The number of ether oxygens (including phenoxy) is 2. The molecule has 0 aliphatic rings. The van der Waals surface area contributed by atoms with Crippen LogP contribution in [0.2, 0.25) is 10.2 Å². The molecule has 7 heteroatoms. The lowest BCUT2D eigenvalue weighted by Gasteiger charge is -2.12. The lowest BCUT2D eigenvalue weighted by Crippen LogP contribution is -2.13. The molecule has 0 saturated carbocycles. The molecule has 0 bridgehead atoms. The number of para-hydroxylation sites is 2. The summed E-state index contributed by atoms with van der Waals surface area (Å²) in [5, 5.41) is 0.206. The molecule has 1 aromatic heterocycles. The lowest BCUT2D eigenvalue weighted by atomic mass is 10.1. The summed E-state index contributed by atoms with van der Waals surface area (Å²) in [5.74, 6) is -0.454. The topological polar surface area (TPSA) is 61.3 Å². The van der Waals surface area contributed by atoms with E-state index in [-0.39, 0.29) is 21.6 Å². The van der Waals surface area contributed by atoms with Crippen LogP contribution in [0.15, 0.2) is 36.4 Å². The van der Waals surface area contributed by atoms with Crippen LogP contribution in [0.5, 0.6) is 11.6 Å². The fourth-order valence-corrected chi connectivity index (χ4v) is 2.68. The van der Waals surface area contributed by atoms with Gasteiger partial charge < -0.3 is 9.47 Å². The van der Waals surface area contributed by atoms with E-state index >= 15 is 0 Å². The predicted octanol–water partition coefficient (Wildman–Crippen LogP) is 4.47. The Hall–Kier alpha value is -2.37. The summed E-state index contributed by atoms with van der Waals surface area (Å²) in [6, 6.07) is 10.5. The second kappa shape index (κ2) is 6.63. The van der Waals surface area contributed by atoms with Gasteiger partial charge in [0.05, 0.1) is 23.2 Å². The predicted molar refractivity (Wildman–Crippen MR) is 92.2 cm³/mol. The molecule has 0 aliphatic heterocycles. The van der Waals surface area contributed by atoms with E-state index in [4.69, 9.17) is 32.7 Å². The second-order valence-electron chi connectivity index (χ2n) is 4.97. The fourth-order valence-electron chi connectivity index (χ4n) is 2.28. The molecular formula is C17H12Cl2N2O3. The smallest absolute Gasteiger partial charge is 0.350 e. The average molecular weight is 363 g/mol. The molecule has 5 nitrogen and oxygen atoms in total. The van der Waals surface area contributed by atoms with Gasteiger partial charge in [0.1, 0.15) is 11.3 Å². The molecule has 0 radical (unpaired) electrons. The van der Waals surface area contributed by atoms with Crippen molar-refractivity contribution in [2.45, 2.75) is 6.92 Å². The van der Waals surface area contributed by atoms with Gasteiger partial charge in [0.25, 0.3) is 5.88 Å². The number of nitrogens with zero attached hydrogens (tertiary/aromatic N) is 2. The summed E-state index contributed by atoms with van der Waals surface area (Å²) in [4.78, 5) is 20.9. The van der Waals surface area contributed by atoms with Gasteiger partial charge in [0.2, 0.25) is 0 Å². The molecule has 0 unspecified atom stereocenters. The van der Waals surface area contributed by atoms with Crippen molar-refractivity contribution in [3.05, 3.63) is 57.7 Å². The quantitative estimate of drug-likeness (QED) is 0.643. The van der Waals surface area contributed by atoms with Gasteiger partial charge in [-0.05, 0) is 30.7 Å². The highest BCUT2D eigenvalue weighted by atomic mass is 35.5. The Morgan fingerprint density at radius 1 is 1.04 bits per heavy atom. The SMILES string of the molecule is COc1c(C)ccc(Cl)c1C(=O)Oc1nc2ccccc2nc1Cl. The van der Waals surface area contributed by atoms with Crippen molar-refractivity contribution in [1.29, 1.82) is 0 Å². The largest absolute Gasteiger partial charge is 0.496 e. The van der Waals surface area contributed by atoms with Crippen LogP contribution in [-0.2, 0) is 0 Å². The molecule has 2 aromatic carbocycles. The Morgan fingerprint density at radius 2 is 1.71 bits per heavy atom. The third-order valence-corrected chi connectivity index (χ3v) is 3.96. The highest BCUT2D eigenvalue weighted by molar-refractivity contribution is 6.34. The van der Waals surface area contributed by atoms with Gasteiger partial charge in [-0.15, -0.1) is 0 Å². The van der Waals surface area contributed by atoms with Crippen LogP contribution in [0.1, 0.15) is 15.9 Å². The van der Waals surface area contributed by atoms with Crippen molar-refractivity contribution in [3.63, 3.8) is 0 Å². The maximum atomic E-state index is 12.5. The highest BCUT2D eigenvalue weighted by Gasteiger charge is 2.22. The lowest BCUT2D eigenvalue weighted by molar-refractivity contribution is 0.0724. The molecule has 0 saturated heterocycles. The molecule has 1 heterocycles. The summed E-state index contributed by atoms with van der Waals surface area (Å²) in [6.45, 7) is 1.80. The third-order valence-electron chi connectivity index (χ3n) is 3.40. The third kappa shape index (κ3) is 3.00. The number of hydrogen-bond acceptors (Lipinski definition) is 5.